The van der Waals surface area contributed by atoms with Crippen molar-refractivity contribution < 1.29 is 19.7 Å². The minimum atomic E-state index is -1.21. The molecular formula is C19H27BrO4. The molecule has 24 heavy (non-hydrogen) atoms. The zero-order chi connectivity index (χ0) is 18.1. The molecule has 1 aliphatic carbocycles. The molecule has 1 saturated carbocycles. The molecule has 0 amide bonds. The van der Waals surface area contributed by atoms with E-state index in [-0.39, 0.29) is 17.8 Å². The lowest BCUT2D eigenvalue weighted by Crippen LogP contribution is -2.45. The van der Waals surface area contributed by atoms with Gasteiger partial charge >= 0.3 is 5.97 Å². The van der Waals surface area contributed by atoms with E-state index in [1.165, 1.54) is 0 Å². The molecule has 1 aromatic rings. The molecule has 0 heterocycles. The fourth-order valence-corrected chi connectivity index (χ4v) is 4.38. The number of hydrogen-bond donors (Lipinski definition) is 2. The molecule has 2 N–H and O–H groups in total. The maximum absolute atomic E-state index is 11.3. The van der Waals surface area contributed by atoms with Gasteiger partial charge in [0.25, 0.3) is 0 Å². The topological polar surface area (TPSA) is 66.8 Å². The number of methoxy groups -OCH3 is 1. The van der Waals surface area contributed by atoms with Gasteiger partial charge in [-0.2, -0.15) is 0 Å². The second-order valence-electron chi connectivity index (χ2n) is 7.96. The van der Waals surface area contributed by atoms with E-state index in [1.54, 1.807) is 7.11 Å². The molecule has 3 unspecified atom stereocenters. The van der Waals surface area contributed by atoms with Crippen molar-refractivity contribution in [1.82, 2.24) is 0 Å². The Hall–Kier alpha value is -1.07. The van der Waals surface area contributed by atoms with Crippen LogP contribution in [0.2, 0.25) is 0 Å². The summed E-state index contributed by atoms with van der Waals surface area (Å²) in [7, 11) is 1.61. The van der Waals surface area contributed by atoms with E-state index < -0.39 is 11.6 Å². The summed E-state index contributed by atoms with van der Waals surface area (Å²) in [4.78, 5) is 11.3. The Balaban J connectivity index is 2.40. The van der Waals surface area contributed by atoms with Gasteiger partial charge in [-0.1, -0.05) is 26.8 Å². The van der Waals surface area contributed by atoms with Gasteiger partial charge < -0.3 is 14.9 Å². The van der Waals surface area contributed by atoms with Crippen molar-refractivity contribution in [3.63, 3.8) is 0 Å². The van der Waals surface area contributed by atoms with Gasteiger partial charge in [0, 0.05) is 5.92 Å². The van der Waals surface area contributed by atoms with Crippen LogP contribution in [0.15, 0.2) is 22.7 Å². The predicted molar refractivity (Wildman–Crippen MR) is 97.4 cm³/mol. The summed E-state index contributed by atoms with van der Waals surface area (Å²) < 4.78 is 6.09. The van der Waals surface area contributed by atoms with Crippen molar-refractivity contribution in [2.45, 2.75) is 58.0 Å². The first-order valence-electron chi connectivity index (χ1n) is 8.34. The number of ether oxygens (including phenoxy) is 1. The normalized spacial score (nSPS) is 27.8. The summed E-state index contributed by atoms with van der Waals surface area (Å²) in [6.07, 6.45) is 1.92. The third-order valence-electron chi connectivity index (χ3n) is 5.35. The predicted octanol–water partition coefficient (Wildman–Crippen LogP) is 4.59. The second kappa shape index (κ2) is 7.04. The largest absolute Gasteiger partial charge is 0.496 e. The fourth-order valence-electron chi connectivity index (χ4n) is 3.83. The first kappa shape index (κ1) is 19.3. The molecule has 3 atom stereocenters. The van der Waals surface area contributed by atoms with Crippen LogP contribution >= 0.6 is 15.9 Å². The third-order valence-corrected chi connectivity index (χ3v) is 5.97. The van der Waals surface area contributed by atoms with Gasteiger partial charge in [-0.05, 0) is 64.2 Å². The average molecular weight is 399 g/mol. The smallest absolute Gasteiger partial charge is 0.306 e. The molecule has 134 valence electrons. The Bertz CT molecular complexity index is 608. The molecule has 0 saturated heterocycles. The number of halogens is 1. The van der Waals surface area contributed by atoms with Gasteiger partial charge in [0.05, 0.1) is 23.6 Å². The van der Waals surface area contributed by atoms with E-state index in [0.29, 0.717) is 12.3 Å². The molecule has 5 heteroatoms. The molecule has 4 nitrogen and oxygen atoms in total. The van der Waals surface area contributed by atoms with Crippen LogP contribution in [0, 0.1) is 11.3 Å². The van der Waals surface area contributed by atoms with Crippen LogP contribution in [-0.4, -0.2) is 28.9 Å². The number of carboxylic acid groups (broad SMARTS) is 1. The highest BCUT2D eigenvalue weighted by Gasteiger charge is 2.46. The lowest BCUT2D eigenvalue weighted by atomic mass is 9.61. The van der Waals surface area contributed by atoms with Gasteiger partial charge in [0.2, 0.25) is 0 Å². The van der Waals surface area contributed by atoms with Crippen LogP contribution in [0.1, 0.15) is 57.9 Å². The molecule has 1 aliphatic rings. The first-order chi connectivity index (χ1) is 11.1. The second-order valence-corrected chi connectivity index (χ2v) is 8.81. The third kappa shape index (κ3) is 4.12. The van der Waals surface area contributed by atoms with Crippen LogP contribution in [0.5, 0.6) is 5.75 Å². The van der Waals surface area contributed by atoms with E-state index in [2.05, 4.69) is 36.7 Å². The zero-order valence-electron chi connectivity index (χ0n) is 14.8. The number of carbonyl (C=O) groups is 1. The SMILES string of the molecule is COc1ccc(C2CC(C(C)(C)C)CCC2(O)CC(=O)O)cc1Br. The molecule has 0 bridgehead atoms. The molecule has 1 aromatic carbocycles. The van der Waals surface area contributed by atoms with Crippen LogP contribution in [-0.2, 0) is 4.79 Å². The number of carboxylic acids is 1. The van der Waals surface area contributed by atoms with Gasteiger partial charge in [-0.3, -0.25) is 4.79 Å². The molecule has 0 aromatic heterocycles. The molecular weight excluding hydrogens is 372 g/mol. The number of aliphatic hydroxyl groups is 1. The van der Waals surface area contributed by atoms with E-state index in [9.17, 15) is 15.0 Å². The quantitative estimate of drug-likeness (QED) is 0.777. The van der Waals surface area contributed by atoms with Crippen molar-refractivity contribution in [1.29, 1.82) is 0 Å². The minimum absolute atomic E-state index is 0.131. The number of hydrogen-bond acceptors (Lipinski definition) is 3. The van der Waals surface area contributed by atoms with E-state index in [0.717, 1.165) is 28.6 Å². The van der Waals surface area contributed by atoms with Crippen LogP contribution < -0.4 is 4.74 Å². The Morgan fingerprint density at radius 2 is 2.08 bits per heavy atom. The summed E-state index contributed by atoms with van der Waals surface area (Å²) in [6, 6.07) is 5.74. The monoisotopic (exact) mass is 398 g/mol. The summed E-state index contributed by atoms with van der Waals surface area (Å²) in [5.41, 5.74) is -0.117. The average Bonchev–Trinajstić information content (AvgIpc) is 2.45. The van der Waals surface area contributed by atoms with Gasteiger partial charge in [0.1, 0.15) is 5.75 Å². The number of aliphatic carboxylic acids is 1. The molecule has 0 spiro atoms. The molecule has 0 radical (unpaired) electrons. The highest BCUT2D eigenvalue weighted by atomic mass is 79.9. The van der Waals surface area contributed by atoms with Crippen molar-refractivity contribution in [2.24, 2.45) is 11.3 Å². The fraction of sp³-hybridized carbons (Fsp3) is 0.632. The highest BCUT2D eigenvalue weighted by molar-refractivity contribution is 9.10. The van der Waals surface area contributed by atoms with E-state index in [4.69, 9.17) is 4.74 Å². The van der Waals surface area contributed by atoms with Crippen LogP contribution in [0.25, 0.3) is 0 Å². The zero-order valence-corrected chi connectivity index (χ0v) is 16.4. The standard InChI is InChI=1S/C19H27BrO4/c1-18(2,3)13-7-8-19(23,11-17(21)22)14(10-13)12-5-6-16(24-4)15(20)9-12/h5-6,9,13-14,23H,7-8,10-11H2,1-4H3,(H,21,22). The Morgan fingerprint density at radius 3 is 2.58 bits per heavy atom. The van der Waals surface area contributed by atoms with Crippen molar-refractivity contribution >= 4 is 21.9 Å². The molecule has 2 rings (SSSR count). The first-order valence-corrected chi connectivity index (χ1v) is 9.14. The van der Waals surface area contributed by atoms with E-state index >= 15 is 0 Å². The lowest BCUT2D eigenvalue weighted by Gasteiger charge is -2.46. The number of rotatable bonds is 4. The summed E-state index contributed by atoms with van der Waals surface area (Å²) in [5, 5.41) is 20.4. The Kier molecular flexibility index (Phi) is 5.65. The molecule has 0 aliphatic heterocycles. The summed E-state index contributed by atoms with van der Waals surface area (Å²) in [5.74, 6) is 0.0132. The maximum Gasteiger partial charge on any atom is 0.306 e. The van der Waals surface area contributed by atoms with Crippen LogP contribution in [0.4, 0.5) is 0 Å². The minimum Gasteiger partial charge on any atom is -0.496 e. The lowest BCUT2D eigenvalue weighted by molar-refractivity contribution is -0.146. The van der Waals surface area contributed by atoms with E-state index in [1.807, 2.05) is 18.2 Å². The van der Waals surface area contributed by atoms with Gasteiger partial charge in [0.15, 0.2) is 0 Å². The van der Waals surface area contributed by atoms with Crippen molar-refractivity contribution in [3.8, 4) is 5.75 Å². The summed E-state index contributed by atoms with van der Waals surface area (Å²) >= 11 is 3.49. The van der Waals surface area contributed by atoms with Crippen molar-refractivity contribution in [3.05, 3.63) is 28.2 Å². The van der Waals surface area contributed by atoms with Crippen molar-refractivity contribution in [2.75, 3.05) is 7.11 Å². The van der Waals surface area contributed by atoms with Crippen LogP contribution in [0.3, 0.4) is 0 Å². The number of benzene rings is 1. The summed E-state index contributed by atoms with van der Waals surface area (Å²) in [6.45, 7) is 6.63. The Labute approximate surface area is 152 Å². The maximum atomic E-state index is 11.3. The molecule has 1 fully saturated rings. The highest BCUT2D eigenvalue weighted by Crippen LogP contribution is 2.50. The van der Waals surface area contributed by atoms with Gasteiger partial charge in [-0.15, -0.1) is 0 Å². The van der Waals surface area contributed by atoms with Gasteiger partial charge in [-0.25, -0.2) is 0 Å². The Morgan fingerprint density at radius 1 is 1.42 bits per heavy atom.